The fraction of sp³-hybridized carbons (Fsp3) is 0.571. The predicted molar refractivity (Wildman–Crippen MR) is 86.4 cm³/mol. The first kappa shape index (κ1) is 17.6. The summed E-state index contributed by atoms with van der Waals surface area (Å²) in [6, 6.07) is 1.74. The van der Waals surface area contributed by atoms with Gasteiger partial charge < -0.3 is 16.8 Å². The van der Waals surface area contributed by atoms with Crippen molar-refractivity contribution in [1.29, 1.82) is 0 Å². The molecular formula is C14H24N4O2S. The van der Waals surface area contributed by atoms with Crippen LogP contribution in [0.25, 0.3) is 0 Å². The number of carbonyl (C=O) groups is 2. The number of nitrogens with two attached hydrogens (primary N) is 2. The average Bonchev–Trinajstić information content (AvgIpc) is 2.83. The van der Waals surface area contributed by atoms with Crippen molar-refractivity contribution in [2.24, 2.45) is 17.4 Å². The lowest BCUT2D eigenvalue weighted by atomic mass is 10.0. The molecule has 0 aliphatic heterocycles. The Balaban J connectivity index is 2.43. The van der Waals surface area contributed by atoms with Crippen LogP contribution in [0.2, 0.25) is 0 Å². The number of amides is 2. The number of hydrogen-bond donors (Lipinski definition) is 3. The number of nitrogens with one attached hydrogen (secondary N) is 1. The average molecular weight is 312 g/mol. The molecule has 1 unspecified atom stereocenters. The summed E-state index contributed by atoms with van der Waals surface area (Å²) in [6.07, 6.45) is 0.840. The van der Waals surface area contributed by atoms with Gasteiger partial charge in [0.25, 0.3) is 5.91 Å². The van der Waals surface area contributed by atoms with Gasteiger partial charge in [-0.05, 0) is 37.4 Å². The summed E-state index contributed by atoms with van der Waals surface area (Å²) in [4.78, 5) is 25.0. The SMILES string of the molecule is CC(C)C(N)CCN(C)CC(=O)Nc1sccc1C(N)=O. The standard InChI is InChI=1S/C14H24N4O2S/c1-9(2)11(15)4-6-18(3)8-12(19)17-14-10(13(16)20)5-7-21-14/h5,7,9,11H,4,6,8,15H2,1-3H3,(H2,16,20)(H,17,19). The van der Waals surface area contributed by atoms with Gasteiger partial charge in [0.2, 0.25) is 5.91 Å². The van der Waals surface area contributed by atoms with Gasteiger partial charge in [-0.15, -0.1) is 11.3 Å². The Bertz CT molecular complexity index is 487. The van der Waals surface area contributed by atoms with Gasteiger partial charge in [-0.1, -0.05) is 13.8 Å². The third-order valence-corrected chi connectivity index (χ3v) is 4.13. The molecule has 0 fully saturated rings. The van der Waals surface area contributed by atoms with Gasteiger partial charge in [0, 0.05) is 6.04 Å². The van der Waals surface area contributed by atoms with E-state index >= 15 is 0 Å². The summed E-state index contributed by atoms with van der Waals surface area (Å²) in [5.41, 5.74) is 11.6. The number of anilines is 1. The van der Waals surface area contributed by atoms with E-state index in [1.165, 1.54) is 11.3 Å². The van der Waals surface area contributed by atoms with Gasteiger partial charge >= 0.3 is 0 Å². The van der Waals surface area contributed by atoms with Crippen molar-refractivity contribution in [2.45, 2.75) is 26.3 Å². The molecule has 1 aromatic heterocycles. The van der Waals surface area contributed by atoms with E-state index < -0.39 is 5.91 Å². The zero-order valence-electron chi connectivity index (χ0n) is 12.8. The molecule has 0 aliphatic rings. The van der Waals surface area contributed by atoms with Crippen LogP contribution < -0.4 is 16.8 Å². The van der Waals surface area contributed by atoms with Crippen molar-refractivity contribution in [3.05, 3.63) is 17.0 Å². The largest absolute Gasteiger partial charge is 0.366 e. The summed E-state index contributed by atoms with van der Waals surface area (Å²) in [6.45, 7) is 5.17. The smallest absolute Gasteiger partial charge is 0.251 e. The minimum Gasteiger partial charge on any atom is -0.366 e. The topological polar surface area (TPSA) is 101 Å². The minimum absolute atomic E-state index is 0.134. The van der Waals surface area contributed by atoms with Crippen LogP contribution in [0.15, 0.2) is 11.4 Å². The van der Waals surface area contributed by atoms with Crippen molar-refractivity contribution in [2.75, 3.05) is 25.5 Å². The molecule has 5 N–H and O–H groups in total. The third-order valence-electron chi connectivity index (χ3n) is 3.30. The first-order valence-electron chi connectivity index (χ1n) is 6.92. The molecule has 0 saturated heterocycles. The summed E-state index contributed by atoms with van der Waals surface area (Å²) >= 11 is 1.28. The van der Waals surface area contributed by atoms with Crippen LogP contribution in [0.1, 0.15) is 30.6 Å². The Morgan fingerprint density at radius 3 is 2.67 bits per heavy atom. The van der Waals surface area contributed by atoms with Gasteiger partial charge in [-0.3, -0.25) is 14.5 Å². The number of thiophene rings is 1. The maximum absolute atomic E-state index is 11.9. The second-order valence-electron chi connectivity index (χ2n) is 5.51. The van der Waals surface area contributed by atoms with Crippen LogP contribution in [-0.4, -0.2) is 42.9 Å². The minimum atomic E-state index is -0.539. The van der Waals surface area contributed by atoms with E-state index in [2.05, 4.69) is 19.2 Å². The Hall–Kier alpha value is -1.44. The lowest BCUT2D eigenvalue weighted by Gasteiger charge is -2.20. The summed E-state index contributed by atoms with van der Waals surface area (Å²) in [7, 11) is 1.87. The van der Waals surface area contributed by atoms with Crippen molar-refractivity contribution < 1.29 is 9.59 Å². The molecule has 2 amide bonds. The molecule has 0 aromatic carbocycles. The van der Waals surface area contributed by atoms with Crippen molar-refractivity contribution in [3.8, 4) is 0 Å². The molecule has 0 bridgehead atoms. The van der Waals surface area contributed by atoms with Gasteiger partial charge in [-0.25, -0.2) is 0 Å². The van der Waals surface area contributed by atoms with E-state index in [4.69, 9.17) is 11.5 Å². The fourth-order valence-electron chi connectivity index (χ4n) is 1.79. The van der Waals surface area contributed by atoms with Crippen LogP contribution in [0.5, 0.6) is 0 Å². The molecule has 1 rings (SSSR count). The third kappa shape index (κ3) is 5.82. The Morgan fingerprint density at radius 1 is 1.43 bits per heavy atom. The molecule has 7 heteroatoms. The second kappa shape index (κ2) is 8.11. The van der Waals surface area contributed by atoms with Crippen LogP contribution in [0, 0.1) is 5.92 Å². The quantitative estimate of drug-likeness (QED) is 0.668. The second-order valence-corrected chi connectivity index (χ2v) is 6.43. The summed E-state index contributed by atoms with van der Waals surface area (Å²) in [5, 5.41) is 4.94. The number of hydrogen-bond acceptors (Lipinski definition) is 5. The summed E-state index contributed by atoms with van der Waals surface area (Å²) in [5.74, 6) is -0.278. The Kier molecular flexibility index (Phi) is 6.80. The van der Waals surface area contributed by atoms with Crippen molar-refractivity contribution in [1.82, 2.24) is 4.90 Å². The maximum atomic E-state index is 11.9. The highest BCUT2D eigenvalue weighted by molar-refractivity contribution is 7.14. The van der Waals surface area contributed by atoms with E-state index in [1.807, 2.05) is 11.9 Å². The molecule has 1 aromatic rings. The van der Waals surface area contributed by atoms with Gasteiger partial charge in [0.15, 0.2) is 0 Å². The normalized spacial score (nSPS) is 12.7. The van der Waals surface area contributed by atoms with Crippen molar-refractivity contribution >= 4 is 28.2 Å². The zero-order valence-corrected chi connectivity index (χ0v) is 13.6. The maximum Gasteiger partial charge on any atom is 0.251 e. The number of primary amides is 1. The predicted octanol–water partition coefficient (Wildman–Crippen LogP) is 1.09. The molecule has 118 valence electrons. The molecule has 21 heavy (non-hydrogen) atoms. The zero-order chi connectivity index (χ0) is 16.0. The lowest BCUT2D eigenvalue weighted by Crippen LogP contribution is -2.35. The monoisotopic (exact) mass is 312 g/mol. The molecule has 1 atom stereocenters. The number of carbonyl (C=O) groups excluding carboxylic acids is 2. The molecule has 0 saturated carbocycles. The first-order chi connectivity index (χ1) is 9.81. The molecule has 0 spiro atoms. The lowest BCUT2D eigenvalue weighted by molar-refractivity contribution is -0.117. The highest BCUT2D eigenvalue weighted by Gasteiger charge is 2.14. The number of likely N-dealkylation sites (N-methyl/N-ethyl adjacent to an activating group) is 1. The highest BCUT2D eigenvalue weighted by atomic mass is 32.1. The van der Waals surface area contributed by atoms with Crippen LogP contribution >= 0.6 is 11.3 Å². The van der Waals surface area contributed by atoms with E-state index in [1.54, 1.807) is 11.4 Å². The summed E-state index contributed by atoms with van der Waals surface area (Å²) < 4.78 is 0. The van der Waals surface area contributed by atoms with Gasteiger partial charge in [0.05, 0.1) is 12.1 Å². The van der Waals surface area contributed by atoms with Crippen LogP contribution in [0.4, 0.5) is 5.00 Å². The molecule has 0 radical (unpaired) electrons. The van der Waals surface area contributed by atoms with E-state index in [0.717, 1.165) is 13.0 Å². The van der Waals surface area contributed by atoms with Crippen LogP contribution in [0.3, 0.4) is 0 Å². The molecule has 6 nitrogen and oxygen atoms in total. The van der Waals surface area contributed by atoms with E-state index in [0.29, 0.717) is 16.5 Å². The molecule has 0 aliphatic carbocycles. The molecule has 1 heterocycles. The highest BCUT2D eigenvalue weighted by Crippen LogP contribution is 2.22. The van der Waals surface area contributed by atoms with E-state index in [-0.39, 0.29) is 18.5 Å². The number of rotatable bonds is 8. The fourth-order valence-corrected chi connectivity index (χ4v) is 2.60. The Labute approximate surface area is 129 Å². The first-order valence-corrected chi connectivity index (χ1v) is 7.80. The van der Waals surface area contributed by atoms with Crippen LogP contribution in [-0.2, 0) is 4.79 Å². The van der Waals surface area contributed by atoms with Crippen molar-refractivity contribution in [3.63, 3.8) is 0 Å². The van der Waals surface area contributed by atoms with Gasteiger partial charge in [0.1, 0.15) is 5.00 Å². The Morgan fingerprint density at radius 2 is 2.10 bits per heavy atom. The van der Waals surface area contributed by atoms with Gasteiger partial charge in [-0.2, -0.15) is 0 Å². The number of nitrogens with zero attached hydrogens (tertiary/aromatic N) is 1. The molecular weight excluding hydrogens is 288 g/mol. The van der Waals surface area contributed by atoms with E-state index in [9.17, 15) is 9.59 Å².